The number of carbonyl (C=O) groups excluding carboxylic acids is 1. The lowest BCUT2D eigenvalue weighted by atomic mass is 10.1. The fraction of sp³-hybridized carbons (Fsp3) is 0.417. The molecule has 0 aliphatic carbocycles. The Kier molecular flexibility index (Phi) is 4.45. The first-order valence-electron chi connectivity index (χ1n) is 5.76. The monoisotopic (exact) mass is 306 g/mol. The lowest BCUT2D eigenvalue weighted by molar-refractivity contribution is -0.385. The SMILES string of the molecule is CC(C)(C)NC(=O)Oc1ccc(C(F)(F)F)cc1[N+](=O)[O-]. The number of nitro groups is 1. The summed E-state index contributed by atoms with van der Waals surface area (Å²) in [5, 5.41) is 13.2. The summed E-state index contributed by atoms with van der Waals surface area (Å²) in [6.07, 6.45) is -5.72. The van der Waals surface area contributed by atoms with E-state index in [1.807, 2.05) is 0 Å². The summed E-state index contributed by atoms with van der Waals surface area (Å²) in [6, 6.07) is 1.66. The summed E-state index contributed by atoms with van der Waals surface area (Å²) >= 11 is 0. The Balaban J connectivity index is 3.08. The molecule has 9 heteroatoms. The predicted molar refractivity (Wildman–Crippen MR) is 67.0 cm³/mol. The third kappa shape index (κ3) is 4.93. The van der Waals surface area contributed by atoms with Gasteiger partial charge in [-0.25, -0.2) is 4.79 Å². The molecule has 0 saturated carbocycles. The fourth-order valence-electron chi connectivity index (χ4n) is 1.35. The highest BCUT2D eigenvalue weighted by molar-refractivity contribution is 5.72. The number of hydrogen-bond donors (Lipinski definition) is 1. The molecule has 0 bridgehead atoms. The number of nitrogens with one attached hydrogen (secondary N) is 1. The summed E-state index contributed by atoms with van der Waals surface area (Å²) in [4.78, 5) is 21.3. The molecule has 0 atom stereocenters. The Hall–Kier alpha value is -2.32. The Bertz CT molecular complexity index is 565. The van der Waals surface area contributed by atoms with Crippen LogP contribution in [-0.2, 0) is 6.18 Å². The highest BCUT2D eigenvalue weighted by Crippen LogP contribution is 2.36. The molecule has 6 nitrogen and oxygen atoms in total. The average Bonchev–Trinajstić information content (AvgIpc) is 2.24. The second kappa shape index (κ2) is 5.58. The van der Waals surface area contributed by atoms with Crippen molar-refractivity contribution in [2.75, 3.05) is 0 Å². The van der Waals surface area contributed by atoms with Crippen molar-refractivity contribution < 1.29 is 27.6 Å². The summed E-state index contributed by atoms with van der Waals surface area (Å²) in [7, 11) is 0. The van der Waals surface area contributed by atoms with Crippen LogP contribution < -0.4 is 10.1 Å². The van der Waals surface area contributed by atoms with Crippen molar-refractivity contribution >= 4 is 11.8 Å². The van der Waals surface area contributed by atoms with E-state index in [9.17, 15) is 28.1 Å². The van der Waals surface area contributed by atoms with Crippen LogP contribution in [0.15, 0.2) is 18.2 Å². The summed E-state index contributed by atoms with van der Waals surface area (Å²) in [5.41, 5.74) is -2.79. The minimum atomic E-state index is -4.73. The van der Waals surface area contributed by atoms with Crippen LogP contribution in [0.3, 0.4) is 0 Å². The van der Waals surface area contributed by atoms with Gasteiger partial charge in [0.15, 0.2) is 0 Å². The van der Waals surface area contributed by atoms with Gasteiger partial charge >= 0.3 is 18.0 Å². The number of carbonyl (C=O) groups is 1. The molecule has 1 aromatic carbocycles. The maximum atomic E-state index is 12.5. The number of amides is 1. The van der Waals surface area contributed by atoms with Crippen LogP contribution in [0.25, 0.3) is 0 Å². The van der Waals surface area contributed by atoms with Gasteiger partial charge in [0.25, 0.3) is 0 Å². The Morgan fingerprint density at radius 2 is 1.86 bits per heavy atom. The van der Waals surface area contributed by atoms with E-state index in [4.69, 9.17) is 4.74 Å². The molecule has 0 saturated heterocycles. The van der Waals surface area contributed by atoms with E-state index in [1.54, 1.807) is 20.8 Å². The van der Waals surface area contributed by atoms with Gasteiger partial charge in [0.1, 0.15) is 0 Å². The highest BCUT2D eigenvalue weighted by Gasteiger charge is 2.33. The predicted octanol–water partition coefficient (Wildman–Crippen LogP) is 3.50. The van der Waals surface area contributed by atoms with Crippen LogP contribution in [0.1, 0.15) is 26.3 Å². The highest BCUT2D eigenvalue weighted by atomic mass is 19.4. The number of alkyl halides is 3. The van der Waals surface area contributed by atoms with E-state index in [1.165, 1.54) is 0 Å². The van der Waals surface area contributed by atoms with E-state index in [0.717, 1.165) is 6.07 Å². The number of rotatable bonds is 2. The zero-order valence-electron chi connectivity index (χ0n) is 11.4. The van der Waals surface area contributed by atoms with Crippen molar-refractivity contribution in [3.05, 3.63) is 33.9 Å². The van der Waals surface area contributed by atoms with Crippen molar-refractivity contribution in [3.8, 4) is 5.75 Å². The minimum absolute atomic E-state index is 0.319. The van der Waals surface area contributed by atoms with Gasteiger partial charge < -0.3 is 10.1 Å². The number of nitrogens with zero attached hydrogens (tertiary/aromatic N) is 1. The molecule has 0 aromatic heterocycles. The molecule has 116 valence electrons. The van der Waals surface area contributed by atoms with E-state index in [-0.39, 0.29) is 0 Å². The number of hydrogen-bond acceptors (Lipinski definition) is 4. The minimum Gasteiger partial charge on any atom is -0.403 e. The largest absolute Gasteiger partial charge is 0.416 e. The second-order valence-corrected chi connectivity index (χ2v) is 5.20. The van der Waals surface area contributed by atoms with Gasteiger partial charge in [-0.2, -0.15) is 13.2 Å². The number of nitro benzene ring substituents is 1. The molecule has 0 fully saturated rings. The zero-order chi connectivity index (χ0) is 16.4. The van der Waals surface area contributed by atoms with Crippen molar-refractivity contribution in [1.82, 2.24) is 5.32 Å². The third-order valence-electron chi connectivity index (χ3n) is 2.16. The van der Waals surface area contributed by atoms with Gasteiger partial charge in [-0.1, -0.05) is 0 Å². The quantitative estimate of drug-likeness (QED) is 0.669. The Labute approximate surface area is 118 Å². The lowest BCUT2D eigenvalue weighted by Crippen LogP contribution is -2.42. The van der Waals surface area contributed by atoms with Crippen molar-refractivity contribution in [1.29, 1.82) is 0 Å². The molecule has 1 amide bonds. The van der Waals surface area contributed by atoms with E-state index in [2.05, 4.69) is 5.32 Å². The molecule has 0 radical (unpaired) electrons. The molecule has 21 heavy (non-hydrogen) atoms. The zero-order valence-corrected chi connectivity index (χ0v) is 11.4. The van der Waals surface area contributed by atoms with Crippen LogP contribution in [0.4, 0.5) is 23.7 Å². The molecule has 1 rings (SSSR count). The van der Waals surface area contributed by atoms with Crippen LogP contribution in [0, 0.1) is 10.1 Å². The van der Waals surface area contributed by atoms with Gasteiger partial charge in [-0.05, 0) is 32.9 Å². The van der Waals surface area contributed by atoms with Crippen LogP contribution >= 0.6 is 0 Å². The van der Waals surface area contributed by atoms with Crippen molar-refractivity contribution in [3.63, 3.8) is 0 Å². The molecule has 0 aliphatic heterocycles. The van der Waals surface area contributed by atoms with Gasteiger partial charge in [0.2, 0.25) is 5.75 Å². The molecule has 1 N–H and O–H groups in total. The van der Waals surface area contributed by atoms with Gasteiger partial charge in [-0.3, -0.25) is 10.1 Å². The number of ether oxygens (including phenoxy) is 1. The van der Waals surface area contributed by atoms with Gasteiger partial charge in [0.05, 0.1) is 10.5 Å². The molecule has 0 spiro atoms. The van der Waals surface area contributed by atoms with Crippen LogP contribution in [0.5, 0.6) is 5.75 Å². The van der Waals surface area contributed by atoms with Crippen molar-refractivity contribution in [2.45, 2.75) is 32.5 Å². The maximum absolute atomic E-state index is 12.5. The van der Waals surface area contributed by atoms with Gasteiger partial charge in [-0.15, -0.1) is 0 Å². The summed E-state index contributed by atoms with van der Waals surface area (Å²) < 4.78 is 42.2. The second-order valence-electron chi connectivity index (χ2n) is 5.20. The first kappa shape index (κ1) is 16.7. The van der Waals surface area contributed by atoms with Crippen LogP contribution in [0.2, 0.25) is 0 Å². The number of benzene rings is 1. The van der Waals surface area contributed by atoms with E-state index < -0.39 is 39.7 Å². The first-order valence-corrected chi connectivity index (χ1v) is 5.76. The molecule has 0 unspecified atom stereocenters. The molecular formula is C12H13F3N2O4. The van der Waals surface area contributed by atoms with E-state index in [0.29, 0.717) is 12.1 Å². The number of halogens is 3. The van der Waals surface area contributed by atoms with Gasteiger partial charge in [0, 0.05) is 11.6 Å². The van der Waals surface area contributed by atoms with E-state index >= 15 is 0 Å². The topological polar surface area (TPSA) is 81.5 Å². The molecule has 0 heterocycles. The molecular weight excluding hydrogens is 293 g/mol. The molecule has 0 aliphatic rings. The first-order chi connectivity index (χ1) is 9.40. The lowest BCUT2D eigenvalue weighted by Gasteiger charge is -2.19. The Morgan fingerprint density at radius 3 is 2.29 bits per heavy atom. The summed E-state index contributed by atoms with van der Waals surface area (Å²) in [5.74, 6) is -0.560. The average molecular weight is 306 g/mol. The maximum Gasteiger partial charge on any atom is 0.416 e. The fourth-order valence-corrected chi connectivity index (χ4v) is 1.35. The van der Waals surface area contributed by atoms with Crippen LogP contribution in [-0.4, -0.2) is 16.6 Å². The third-order valence-corrected chi connectivity index (χ3v) is 2.16. The Morgan fingerprint density at radius 1 is 1.29 bits per heavy atom. The normalized spacial score (nSPS) is 11.9. The molecule has 1 aromatic rings. The summed E-state index contributed by atoms with van der Waals surface area (Å²) in [6.45, 7) is 4.94. The smallest absolute Gasteiger partial charge is 0.403 e. The standard InChI is InChI=1S/C12H13F3N2O4/c1-11(2,3)16-10(18)21-9-5-4-7(12(13,14)15)6-8(9)17(19)20/h4-6H,1-3H3,(H,16,18). The van der Waals surface area contributed by atoms with Crippen molar-refractivity contribution in [2.24, 2.45) is 0 Å².